The Balaban J connectivity index is 0.00000225. The monoisotopic (exact) mass is 339 g/mol. The van der Waals surface area contributed by atoms with Crippen LogP contribution in [0.2, 0.25) is 0 Å². The second-order valence-electron chi connectivity index (χ2n) is 4.12. The van der Waals surface area contributed by atoms with Crippen LogP contribution < -0.4 is 11.1 Å². The molecule has 1 atom stereocenters. The lowest BCUT2D eigenvalue weighted by atomic mass is 10.0. The van der Waals surface area contributed by atoms with Gasteiger partial charge in [-0.25, -0.2) is 4.99 Å². The van der Waals surface area contributed by atoms with Crippen LogP contribution in [0.4, 0.5) is 0 Å². The smallest absolute Gasteiger partial charge is 0.188 e. The van der Waals surface area contributed by atoms with Gasteiger partial charge in [-0.15, -0.1) is 24.0 Å². The molecular formula is C11H22IN3O. The van der Waals surface area contributed by atoms with Crippen LogP contribution in [0.5, 0.6) is 0 Å². The summed E-state index contributed by atoms with van der Waals surface area (Å²) in [7, 11) is 0. The first-order chi connectivity index (χ1) is 7.18. The van der Waals surface area contributed by atoms with Crippen molar-refractivity contribution in [1.82, 2.24) is 5.32 Å². The number of aliphatic imine (C=N–C) groups is 1. The molecule has 5 heteroatoms. The molecule has 0 aromatic carbocycles. The summed E-state index contributed by atoms with van der Waals surface area (Å²) < 4.78 is 5.38. The minimum atomic E-state index is 0. The lowest BCUT2D eigenvalue weighted by Gasteiger charge is -2.22. The zero-order valence-electron chi connectivity index (χ0n) is 9.87. The van der Waals surface area contributed by atoms with Gasteiger partial charge in [0.15, 0.2) is 5.96 Å². The summed E-state index contributed by atoms with van der Waals surface area (Å²) in [4.78, 5) is 4.15. The van der Waals surface area contributed by atoms with E-state index in [0.29, 0.717) is 18.4 Å². The van der Waals surface area contributed by atoms with Gasteiger partial charge >= 0.3 is 0 Å². The lowest BCUT2D eigenvalue weighted by molar-refractivity contribution is 0.0565. The van der Waals surface area contributed by atoms with E-state index in [9.17, 15) is 0 Å². The molecule has 1 rings (SSSR count). The van der Waals surface area contributed by atoms with Crippen LogP contribution in [0.3, 0.4) is 0 Å². The Morgan fingerprint density at radius 3 is 2.94 bits per heavy atom. The van der Waals surface area contributed by atoms with Crippen molar-refractivity contribution in [2.75, 3.05) is 26.3 Å². The van der Waals surface area contributed by atoms with Crippen LogP contribution in [-0.2, 0) is 4.74 Å². The molecule has 1 saturated heterocycles. The SMILES string of the molecule is C=C(C)CN=C(N)NCC1CCCOC1.I. The minimum Gasteiger partial charge on any atom is -0.381 e. The van der Waals surface area contributed by atoms with Gasteiger partial charge < -0.3 is 15.8 Å². The van der Waals surface area contributed by atoms with E-state index in [2.05, 4.69) is 16.9 Å². The molecule has 3 N–H and O–H groups in total. The number of halogens is 1. The average molecular weight is 339 g/mol. The van der Waals surface area contributed by atoms with Gasteiger partial charge in [-0.3, -0.25) is 0 Å². The van der Waals surface area contributed by atoms with Gasteiger partial charge in [0, 0.05) is 13.2 Å². The average Bonchev–Trinajstić information content (AvgIpc) is 2.25. The minimum absolute atomic E-state index is 0. The highest BCUT2D eigenvalue weighted by molar-refractivity contribution is 14.0. The third-order valence-electron chi connectivity index (χ3n) is 2.35. The molecule has 1 heterocycles. The van der Waals surface area contributed by atoms with Crippen molar-refractivity contribution in [2.45, 2.75) is 19.8 Å². The Morgan fingerprint density at radius 1 is 1.62 bits per heavy atom. The number of hydrogen-bond donors (Lipinski definition) is 2. The van der Waals surface area contributed by atoms with Crippen molar-refractivity contribution >= 4 is 29.9 Å². The quantitative estimate of drug-likeness (QED) is 0.353. The van der Waals surface area contributed by atoms with Crippen molar-refractivity contribution in [3.63, 3.8) is 0 Å². The Hall–Kier alpha value is -0.300. The zero-order valence-corrected chi connectivity index (χ0v) is 12.2. The molecule has 1 aliphatic rings. The first kappa shape index (κ1) is 15.7. The largest absolute Gasteiger partial charge is 0.381 e. The number of guanidine groups is 1. The van der Waals surface area contributed by atoms with Gasteiger partial charge in [0.2, 0.25) is 0 Å². The van der Waals surface area contributed by atoms with Crippen LogP contribution in [0.15, 0.2) is 17.1 Å². The van der Waals surface area contributed by atoms with Crippen LogP contribution in [-0.4, -0.2) is 32.3 Å². The third kappa shape index (κ3) is 7.05. The lowest BCUT2D eigenvalue weighted by Crippen LogP contribution is -2.37. The molecule has 0 bridgehead atoms. The van der Waals surface area contributed by atoms with E-state index in [4.69, 9.17) is 10.5 Å². The first-order valence-corrected chi connectivity index (χ1v) is 5.44. The fourth-order valence-electron chi connectivity index (χ4n) is 1.49. The fourth-order valence-corrected chi connectivity index (χ4v) is 1.49. The number of nitrogens with two attached hydrogens (primary N) is 1. The molecule has 0 aliphatic carbocycles. The first-order valence-electron chi connectivity index (χ1n) is 5.44. The van der Waals surface area contributed by atoms with E-state index in [0.717, 1.165) is 31.8 Å². The predicted octanol–water partition coefficient (Wildman–Crippen LogP) is 1.51. The van der Waals surface area contributed by atoms with E-state index in [-0.39, 0.29) is 24.0 Å². The molecule has 0 aromatic rings. The highest BCUT2D eigenvalue weighted by Gasteiger charge is 2.13. The molecule has 0 spiro atoms. The molecule has 16 heavy (non-hydrogen) atoms. The van der Waals surface area contributed by atoms with Gasteiger partial charge in [-0.05, 0) is 25.7 Å². The Morgan fingerprint density at radius 2 is 2.38 bits per heavy atom. The van der Waals surface area contributed by atoms with Crippen LogP contribution in [0.25, 0.3) is 0 Å². The van der Waals surface area contributed by atoms with E-state index >= 15 is 0 Å². The maximum atomic E-state index is 5.70. The zero-order chi connectivity index (χ0) is 11.1. The molecule has 1 fully saturated rings. The fraction of sp³-hybridized carbons (Fsp3) is 0.727. The summed E-state index contributed by atoms with van der Waals surface area (Å²) in [6, 6.07) is 0. The number of nitrogens with one attached hydrogen (secondary N) is 1. The molecule has 94 valence electrons. The second kappa shape index (κ2) is 8.81. The molecule has 0 radical (unpaired) electrons. The summed E-state index contributed by atoms with van der Waals surface area (Å²) in [5, 5.41) is 3.11. The molecule has 0 aromatic heterocycles. The van der Waals surface area contributed by atoms with Gasteiger partial charge in [0.1, 0.15) is 0 Å². The van der Waals surface area contributed by atoms with Crippen molar-refractivity contribution in [2.24, 2.45) is 16.6 Å². The van der Waals surface area contributed by atoms with Gasteiger partial charge in [-0.1, -0.05) is 12.2 Å². The number of ether oxygens (including phenoxy) is 1. The number of hydrogen-bond acceptors (Lipinski definition) is 2. The maximum Gasteiger partial charge on any atom is 0.188 e. The normalized spacial score (nSPS) is 21.1. The summed E-state index contributed by atoms with van der Waals surface area (Å²) in [6.07, 6.45) is 2.36. The molecule has 1 aliphatic heterocycles. The Kier molecular flexibility index (Phi) is 8.64. The highest BCUT2D eigenvalue weighted by Crippen LogP contribution is 2.11. The van der Waals surface area contributed by atoms with Crippen molar-refractivity contribution in [3.05, 3.63) is 12.2 Å². The molecular weight excluding hydrogens is 317 g/mol. The van der Waals surface area contributed by atoms with Crippen LogP contribution in [0.1, 0.15) is 19.8 Å². The van der Waals surface area contributed by atoms with E-state index in [1.54, 1.807) is 0 Å². The van der Waals surface area contributed by atoms with Gasteiger partial charge in [0.25, 0.3) is 0 Å². The van der Waals surface area contributed by atoms with Gasteiger partial charge in [0.05, 0.1) is 13.2 Å². The third-order valence-corrected chi connectivity index (χ3v) is 2.35. The number of rotatable bonds is 4. The molecule has 1 unspecified atom stereocenters. The second-order valence-corrected chi connectivity index (χ2v) is 4.12. The van der Waals surface area contributed by atoms with Crippen molar-refractivity contribution < 1.29 is 4.74 Å². The predicted molar refractivity (Wildman–Crippen MR) is 78.3 cm³/mol. The highest BCUT2D eigenvalue weighted by atomic mass is 127. The van der Waals surface area contributed by atoms with E-state index in [1.807, 2.05) is 6.92 Å². The van der Waals surface area contributed by atoms with Crippen LogP contribution >= 0.6 is 24.0 Å². The molecule has 4 nitrogen and oxygen atoms in total. The molecule has 0 amide bonds. The van der Waals surface area contributed by atoms with Crippen molar-refractivity contribution in [1.29, 1.82) is 0 Å². The summed E-state index contributed by atoms with van der Waals surface area (Å²) in [5.74, 6) is 1.07. The standard InChI is InChI=1S/C11H21N3O.HI/c1-9(2)6-13-11(12)14-7-10-4-3-5-15-8-10;/h10H,1,3-8H2,2H3,(H3,12,13,14);1H. The molecule has 0 saturated carbocycles. The van der Waals surface area contributed by atoms with Crippen LogP contribution in [0, 0.1) is 5.92 Å². The Bertz CT molecular complexity index is 237. The summed E-state index contributed by atoms with van der Waals surface area (Å²) in [6.45, 7) is 8.89. The van der Waals surface area contributed by atoms with Gasteiger partial charge in [-0.2, -0.15) is 0 Å². The van der Waals surface area contributed by atoms with E-state index in [1.165, 1.54) is 6.42 Å². The Labute approximate surface area is 115 Å². The summed E-state index contributed by atoms with van der Waals surface area (Å²) >= 11 is 0. The topological polar surface area (TPSA) is 59.6 Å². The summed E-state index contributed by atoms with van der Waals surface area (Å²) in [5.41, 5.74) is 6.71. The maximum absolute atomic E-state index is 5.70. The number of nitrogens with zero attached hydrogens (tertiary/aromatic N) is 1. The van der Waals surface area contributed by atoms with Crippen molar-refractivity contribution in [3.8, 4) is 0 Å². The van der Waals surface area contributed by atoms with E-state index < -0.39 is 0 Å².